The average molecular weight is 198 g/mol. The van der Waals surface area contributed by atoms with E-state index in [1.807, 2.05) is 0 Å². The Balaban J connectivity index is 1.93. The van der Waals surface area contributed by atoms with Gasteiger partial charge in [-0.05, 0) is 45.2 Å². The van der Waals surface area contributed by atoms with Gasteiger partial charge < -0.3 is 15.7 Å². The highest BCUT2D eigenvalue weighted by atomic mass is 16.3. The van der Waals surface area contributed by atoms with Crippen LogP contribution in [0.15, 0.2) is 0 Å². The van der Waals surface area contributed by atoms with Crippen LogP contribution in [-0.2, 0) is 0 Å². The lowest BCUT2D eigenvalue weighted by Gasteiger charge is -2.36. The molecule has 3 nitrogen and oxygen atoms in total. The van der Waals surface area contributed by atoms with Gasteiger partial charge in [0.1, 0.15) is 0 Å². The highest BCUT2D eigenvalue weighted by molar-refractivity contribution is 5.03. The average Bonchev–Trinajstić information content (AvgIpc) is 2.97. The number of rotatable bonds is 3. The van der Waals surface area contributed by atoms with Gasteiger partial charge in [-0.3, -0.25) is 0 Å². The first-order valence-electron chi connectivity index (χ1n) is 5.73. The van der Waals surface area contributed by atoms with Crippen molar-refractivity contribution in [1.82, 2.24) is 4.90 Å². The van der Waals surface area contributed by atoms with E-state index in [2.05, 4.69) is 11.9 Å². The van der Waals surface area contributed by atoms with Gasteiger partial charge in [0.25, 0.3) is 0 Å². The molecule has 2 aliphatic rings. The van der Waals surface area contributed by atoms with E-state index >= 15 is 0 Å². The summed E-state index contributed by atoms with van der Waals surface area (Å²) < 4.78 is 0. The van der Waals surface area contributed by atoms with Gasteiger partial charge in [0, 0.05) is 18.0 Å². The first-order chi connectivity index (χ1) is 6.68. The van der Waals surface area contributed by atoms with Gasteiger partial charge in [-0.1, -0.05) is 0 Å². The molecule has 1 aliphatic heterocycles. The maximum atomic E-state index is 9.33. The van der Waals surface area contributed by atoms with Crippen molar-refractivity contribution in [3.63, 3.8) is 0 Å². The molecule has 3 N–H and O–H groups in total. The maximum absolute atomic E-state index is 9.33. The zero-order valence-electron chi connectivity index (χ0n) is 9.08. The lowest BCUT2D eigenvalue weighted by Crippen LogP contribution is -2.47. The molecule has 82 valence electrons. The molecule has 2 rings (SSSR count). The molecular weight excluding hydrogens is 176 g/mol. The predicted octanol–water partition coefficient (Wildman–Crippen LogP) is 0.428. The van der Waals surface area contributed by atoms with E-state index in [4.69, 9.17) is 5.73 Å². The largest absolute Gasteiger partial charge is 0.396 e. The molecular formula is C11H22N2O. The Morgan fingerprint density at radius 1 is 1.57 bits per heavy atom. The SMILES string of the molecule is CN1CCCC(C(N)C2(CO)CC2)C1. The number of nitrogens with zero attached hydrogens (tertiary/aromatic N) is 1. The van der Waals surface area contributed by atoms with Gasteiger partial charge in [-0.25, -0.2) is 0 Å². The van der Waals surface area contributed by atoms with Gasteiger partial charge in [-0.2, -0.15) is 0 Å². The van der Waals surface area contributed by atoms with Crippen molar-refractivity contribution in [2.75, 3.05) is 26.7 Å². The molecule has 0 bridgehead atoms. The van der Waals surface area contributed by atoms with Crippen molar-refractivity contribution in [3.05, 3.63) is 0 Å². The number of nitrogens with two attached hydrogens (primary N) is 1. The summed E-state index contributed by atoms with van der Waals surface area (Å²) in [6.45, 7) is 2.60. The lowest BCUT2D eigenvalue weighted by atomic mass is 9.82. The van der Waals surface area contributed by atoms with E-state index in [1.54, 1.807) is 0 Å². The molecule has 0 aromatic rings. The summed E-state index contributed by atoms with van der Waals surface area (Å²) >= 11 is 0. The minimum atomic E-state index is 0.100. The molecule has 14 heavy (non-hydrogen) atoms. The molecule has 0 radical (unpaired) electrons. The van der Waals surface area contributed by atoms with Crippen molar-refractivity contribution in [2.45, 2.75) is 31.7 Å². The van der Waals surface area contributed by atoms with E-state index < -0.39 is 0 Å². The number of likely N-dealkylation sites (tertiary alicyclic amines) is 1. The summed E-state index contributed by atoms with van der Waals surface area (Å²) in [4.78, 5) is 2.36. The Hall–Kier alpha value is -0.120. The van der Waals surface area contributed by atoms with Gasteiger partial charge in [-0.15, -0.1) is 0 Å². The van der Waals surface area contributed by atoms with Crippen molar-refractivity contribution in [3.8, 4) is 0 Å². The molecule has 3 heteroatoms. The van der Waals surface area contributed by atoms with Gasteiger partial charge >= 0.3 is 0 Å². The molecule has 1 aliphatic carbocycles. The zero-order chi connectivity index (χ0) is 10.2. The summed E-state index contributed by atoms with van der Waals surface area (Å²) in [5, 5.41) is 9.33. The van der Waals surface area contributed by atoms with Crippen LogP contribution in [-0.4, -0.2) is 42.8 Å². The smallest absolute Gasteiger partial charge is 0.0502 e. The van der Waals surface area contributed by atoms with Gasteiger partial charge in [0.2, 0.25) is 0 Å². The molecule has 0 spiro atoms. The first-order valence-corrected chi connectivity index (χ1v) is 5.73. The summed E-state index contributed by atoms with van der Waals surface area (Å²) in [5.74, 6) is 0.600. The van der Waals surface area contributed by atoms with E-state index in [-0.39, 0.29) is 18.1 Å². The van der Waals surface area contributed by atoms with Gasteiger partial charge in [0.15, 0.2) is 0 Å². The summed E-state index contributed by atoms with van der Waals surface area (Å²) in [6, 6.07) is 0.218. The minimum absolute atomic E-state index is 0.100. The highest BCUT2D eigenvalue weighted by Crippen LogP contribution is 2.50. The Morgan fingerprint density at radius 3 is 2.79 bits per heavy atom. The lowest BCUT2D eigenvalue weighted by molar-refractivity contribution is 0.116. The fraction of sp³-hybridized carbons (Fsp3) is 1.00. The van der Waals surface area contributed by atoms with Gasteiger partial charge in [0.05, 0.1) is 6.61 Å². The number of hydrogen-bond donors (Lipinski definition) is 2. The van der Waals surface area contributed by atoms with E-state index in [0.29, 0.717) is 5.92 Å². The molecule has 0 aromatic heterocycles. The Morgan fingerprint density at radius 2 is 2.29 bits per heavy atom. The molecule has 2 unspecified atom stereocenters. The Bertz CT molecular complexity index is 203. The first kappa shape index (κ1) is 10.4. The Kier molecular flexibility index (Phi) is 2.82. The zero-order valence-corrected chi connectivity index (χ0v) is 9.08. The second kappa shape index (κ2) is 3.80. The Labute approximate surface area is 86.3 Å². The third-order valence-corrected chi connectivity index (χ3v) is 4.08. The summed E-state index contributed by atoms with van der Waals surface area (Å²) in [6.07, 6.45) is 4.76. The van der Waals surface area contributed by atoms with Crippen LogP contribution in [0.5, 0.6) is 0 Å². The quantitative estimate of drug-likeness (QED) is 0.691. The molecule has 0 amide bonds. The third-order valence-electron chi connectivity index (χ3n) is 4.08. The number of piperidine rings is 1. The van der Waals surface area contributed by atoms with Crippen molar-refractivity contribution >= 4 is 0 Å². The van der Waals surface area contributed by atoms with Crippen LogP contribution in [0.2, 0.25) is 0 Å². The molecule has 0 aromatic carbocycles. The second-order valence-corrected chi connectivity index (χ2v) is 5.21. The van der Waals surface area contributed by atoms with E-state index in [1.165, 1.54) is 19.4 Å². The van der Waals surface area contributed by atoms with Crippen molar-refractivity contribution in [2.24, 2.45) is 17.1 Å². The molecule has 1 heterocycles. The summed E-state index contributed by atoms with van der Waals surface area (Å²) in [5.41, 5.74) is 6.37. The third kappa shape index (κ3) is 1.81. The maximum Gasteiger partial charge on any atom is 0.0502 e. The number of aliphatic hydroxyl groups is 1. The minimum Gasteiger partial charge on any atom is -0.396 e. The topological polar surface area (TPSA) is 49.5 Å². The van der Waals surface area contributed by atoms with E-state index in [9.17, 15) is 5.11 Å². The molecule has 2 fully saturated rings. The van der Waals surface area contributed by atoms with Crippen LogP contribution in [0, 0.1) is 11.3 Å². The number of aliphatic hydroxyl groups excluding tert-OH is 1. The number of hydrogen-bond acceptors (Lipinski definition) is 3. The van der Waals surface area contributed by atoms with Crippen LogP contribution >= 0.6 is 0 Å². The molecule has 2 atom stereocenters. The summed E-state index contributed by atoms with van der Waals surface area (Å²) in [7, 11) is 2.16. The van der Waals surface area contributed by atoms with Crippen LogP contribution in [0.4, 0.5) is 0 Å². The van der Waals surface area contributed by atoms with Crippen molar-refractivity contribution in [1.29, 1.82) is 0 Å². The predicted molar refractivity (Wildman–Crippen MR) is 56.9 cm³/mol. The second-order valence-electron chi connectivity index (χ2n) is 5.21. The highest BCUT2D eigenvalue weighted by Gasteiger charge is 2.50. The van der Waals surface area contributed by atoms with Crippen LogP contribution in [0.25, 0.3) is 0 Å². The van der Waals surface area contributed by atoms with Crippen LogP contribution in [0.1, 0.15) is 25.7 Å². The fourth-order valence-corrected chi connectivity index (χ4v) is 2.76. The standard InChI is InChI=1S/C11H22N2O/c1-13-6-2-3-9(7-13)10(12)11(8-14)4-5-11/h9-10,14H,2-8,12H2,1H3. The molecule has 1 saturated heterocycles. The normalized spacial score (nSPS) is 34.1. The van der Waals surface area contributed by atoms with Crippen LogP contribution in [0.3, 0.4) is 0 Å². The fourth-order valence-electron chi connectivity index (χ4n) is 2.76. The monoisotopic (exact) mass is 198 g/mol. The molecule has 1 saturated carbocycles. The van der Waals surface area contributed by atoms with Crippen molar-refractivity contribution < 1.29 is 5.11 Å². The van der Waals surface area contributed by atoms with E-state index in [0.717, 1.165) is 19.4 Å². The van der Waals surface area contributed by atoms with Crippen LogP contribution < -0.4 is 5.73 Å².